The van der Waals surface area contributed by atoms with Crippen molar-refractivity contribution in [1.82, 2.24) is 10.3 Å². The zero-order valence-corrected chi connectivity index (χ0v) is 17.9. The van der Waals surface area contributed by atoms with Crippen LogP contribution in [0.3, 0.4) is 0 Å². The molecule has 0 aliphatic carbocycles. The van der Waals surface area contributed by atoms with Crippen LogP contribution in [0.5, 0.6) is 0 Å². The lowest BCUT2D eigenvalue weighted by atomic mass is 9.88. The summed E-state index contributed by atoms with van der Waals surface area (Å²) in [5.41, 5.74) is 2.44. The molecule has 0 bridgehead atoms. The fourth-order valence-electron chi connectivity index (χ4n) is 2.57. The highest BCUT2D eigenvalue weighted by Gasteiger charge is 2.30. The molecule has 2 heterocycles. The minimum atomic E-state index is -5.19. The third-order valence-electron chi connectivity index (χ3n) is 4.83. The third-order valence-corrected chi connectivity index (χ3v) is 4.83. The van der Waals surface area contributed by atoms with Gasteiger partial charge in [0, 0.05) is 11.6 Å². The number of nitrogens with zero attached hydrogens (tertiary/aromatic N) is 1. The molecule has 0 saturated heterocycles. The summed E-state index contributed by atoms with van der Waals surface area (Å²) in [7, 11) is 0. The average Bonchev–Trinajstić information content (AvgIpc) is 3.07. The number of fused-ring (bicyclic) bond motifs is 1. The van der Waals surface area contributed by atoms with E-state index in [4.69, 9.17) is 9.90 Å². The Morgan fingerprint density at radius 2 is 1.62 bits per heavy atom. The van der Waals surface area contributed by atoms with E-state index in [1.165, 1.54) is 12.1 Å². The number of rotatable bonds is 3. The maximum atomic E-state index is 13.2. The van der Waals surface area contributed by atoms with Crippen LogP contribution in [0.4, 0.5) is 17.6 Å². The molecule has 1 amide bonds. The number of pyridine rings is 1. The van der Waals surface area contributed by atoms with Crippen molar-refractivity contribution >= 4 is 17.4 Å². The standard InChI is InChI=1S/C20H22FN3O.C2HF3O2/c1-13(20(2,3)4)22-19(25)18-23-17(14-8-10-15(21)11-9-14)16-7-5-6-12-24(16)18;3-2(4,5)1(6)7/h5-13H,1-4H3,(H,22,25);(H,6,7)/t13-;/m0./s1. The predicted octanol–water partition coefficient (Wildman–Crippen LogP) is 3.02. The Balaban J connectivity index is 0.000000451. The van der Waals surface area contributed by atoms with E-state index >= 15 is 0 Å². The molecule has 3 aromatic rings. The summed E-state index contributed by atoms with van der Waals surface area (Å²) in [5.74, 6) is -3.01. The number of H-pyrrole nitrogens is 1. The van der Waals surface area contributed by atoms with E-state index in [1.807, 2.05) is 35.7 Å². The molecular formula is C22H23F4N3O3. The quantitative estimate of drug-likeness (QED) is 0.472. The van der Waals surface area contributed by atoms with Gasteiger partial charge in [-0.2, -0.15) is 17.6 Å². The van der Waals surface area contributed by atoms with Gasteiger partial charge in [-0.25, -0.2) is 9.37 Å². The number of amides is 1. The van der Waals surface area contributed by atoms with Gasteiger partial charge < -0.3 is 15.2 Å². The number of carboxylic acids is 1. The highest BCUT2D eigenvalue weighted by Crippen LogP contribution is 2.23. The van der Waals surface area contributed by atoms with E-state index < -0.39 is 12.1 Å². The molecule has 3 rings (SSSR count). The van der Waals surface area contributed by atoms with Gasteiger partial charge in [-0.05, 0) is 48.7 Å². The van der Waals surface area contributed by atoms with E-state index in [0.717, 1.165) is 16.8 Å². The first-order valence-corrected chi connectivity index (χ1v) is 9.59. The van der Waals surface area contributed by atoms with Crippen molar-refractivity contribution in [2.75, 3.05) is 0 Å². The minimum absolute atomic E-state index is 0.0110. The summed E-state index contributed by atoms with van der Waals surface area (Å²) >= 11 is 0. The molecular weight excluding hydrogens is 430 g/mol. The number of carboxylic acid groups (broad SMARTS) is 1. The van der Waals surface area contributed by atoms with Crippen LogP contribution < -0.4 is 14.8 Å². The first-order chi connectivity index (χ1) is 14.7. The van der Waals surface area contributed by atoms with E-state index in [9.17, 15) is 22.4 Å². The number of carbonyl (C=O) groups excluding carboxylic acids is 2. The number of aromatic nitrogens is 2. The van der Waals surface area contributed by atoms with Gasteiger partial charge in [-0.3, -0.25) is 4.79 Å². The van der Waals surface area contributed by atoms with E-state index in [-0.39, 0.29) is 23.2 Å². The van der Waals surface area contributed by atoms with Crippen LogP contribution in [0.1, 0.15) is 38.3 Å². The molecule has 0 unspecified atom stereocenters. The first-order valence-electron chi connectivity index (χ1n) is 9.59. The highest BCUT2D eigenvalue weighted by molar-refractivity contribution is 5.91. The Kier molecular flexibility index (Phi) is 7.27. The van der Waals surface area contributed by atoms with Crippen LogP contribution in [0.15, 0.2) is 48.7 Å². The Morgan fingerprint density at radius 3 is 2.12 bits per heavy atom. The third kappa shape index (κ3) is 6.05. The molecule has 0 aliphatic rings. The summed E-state index contributed by atoms with van der Waals surface area (Å²) in [6.45, 7) is 8.25. The molecule has 0 saturated carbocycles. The normalized spacial score (nSPS) is 12.6. The van der Waals surface area contributed by atoms with Crippen molar-refractivity contribution in [2.45, 2.75) is 39.9 Å². The molecule has 1 atom stereocenters. The second-order valence-electron chi connectivity index (χ2n) is 8.16. The smallest absolute Gasteiger partial charge is 0.430 e. The molecule has 6 nitrogen and oxygen atoms in total. The number of carbonyl (C=O) groups is 2. The van der Waals surface area contributed by atoms with Crippen LogP contribution in [0.25, 0.3) is 16.8 Å². The molecule has 2 N–H and O–H groups in total. The van der Waals surface area contributed by atoms with Gasteiger partial charge in [0.2, 0.25) is 0 Å². The summed E-state index contributed by atoms with van der Waals surface area (Å²) in [6, 6.07) is 12.0. The SMILES string of the molecule is C[C@H](NC(=O)c1[nH]c(-c2ccc(F)cc2)c2cccc[n+]12)C(C)(C)C.O=C([O-])C(F)(F)F. The summed E-state index contributed by atoms with van der Waals surface area (Å²) in [5, 5.41) is 11.8. The second kappa shape index (κ2) is 9.37. The van der Waals surface area contributed by atoms with Crippen LogP contribution in [0.2, 0.25) is 0 Å². The van der Waals surface area contributed by atoms with Crippen LogP contribution >= 0.6 is 0 Å². The Morgan fingerprint density at radius 1 is 1.06 bits per heavy atom. The van der Waals surface area contributed by atoms with Crippen molar-refractivity contribution in [2.24, 2.45) is 5.41 Å². The van der Waals surface area contributed by atoms with Crippen molar-refractivity contribution in [1.29, 1.82) is 0 Å². The molecule has 172 valence electrons. The molecule has 0 radical (unpaired) electrons. The largest absolute Gasteiger partial charge is 0.542 e. The summed E-state index contributed by atoms with van der Waals surface area (Å²) < 4.78 is 46.6. The minimum Gasteiger partial charge on any atom is -0.542 e. The number of nitrogens with one attached hydrogen (secondary N) is 2. The summed E-state index contributed by atoms with van der Waals surface area (Å²) in [4.78, 5) is 24.8. The lowest BCUT2D eigenvalue weighted by molar-refractivity contribution is -0.514. The van der Waals surface area contributed by atoms with Crippen LogP contribution in [-0.4, -0.2) is 29.1 Å². The maximum Gasteiger partial charge on any atom is 0.430 e. The topological polar surface area (TPSA) is 89.1 Å². The van der Waals surface area contributed by atoms with Gasteiger partial charge in [0.25, 0.3) is 0 Å². The highest BCUT2D eigenvalue weighted by atomic mass is 19.4. The maximum absolute atomic E-state index is 13.2. The van der Waals surface area contributed by atoms with Crippen molar-refractivity contribution < 1.29 is 36.7 Å². The molecule has 1 aromatic carbocycles. The number of hydrogen-bond acceptors (Lipinski definition) is 3. The summed E-state index contributed by atoms with van der Waals surface area (Å²) in [6.07, 6.45) is -3.35. The molecule has 32 heavy (non-hydrogen) atoms. The van der Waals surface area contributed by atoms with E-state index in [0.29, 0.717) is 5.82 Å². The van der Waals surface area contributed by atoms with Gasteiger partial charge in [0.05, 0.1) is 6.20 Å². The zero-order chi connectivity index (χ0) is 24.3. The van der Waals surface area contributed by atoms with Crippen molar-refractivity contribution in [3.8, 4) is 11.3 Å². The van der Waals surface area contributed by atoms with Gasteiger partial charge in [-0.15, -0.1) is 0 Å². The Bertz CT molecular complexity index is 1100. The number of imidazole rings is 1. The first kappa shape index (κ1) is 24.8. The lowest BCUT2D eigenvalue weighted by Gasteiger charge is -2.27. The van der Waals surface area contributed by atoms with Crippen LogP contribution in [0, 0.1) is 11.2 Å². The number of aromatic amines is 1. The Labute approximate surface area is 181 Å². The van der Waals surface area contributed by atoms with E-state index in [2.05, 4.69) is 31.1 Å². The number of alkyl halides is 3. The zero-order valence-electron chi connectivity index (χ0n) is 17.9. The molecule has 0 fully saturated rings. The fourth-order valence-corrected chi connectivity index (χ4v) is 2.57. The van der Waals surface area contributed by atoms with Gasteiger partial charge in [0.1, 0.15) is 11.8 Å². The lowest BCUT2D eigenvalue weighted by Crippen LogP contribution is -2.44. The number of benzene rings is 1. The molecule has 10 heteroatoms. The van der Waals surface area contributed by atoms with E-state index in [1.54, 1.807) is 12.1 Å². The number of halogens is 4. The monoisotopic (exact) mass is 453 g/mol. The second-order valence-corrected chi connectivity index (χ2v) is 8.16. The number of aliphatic carboxylic acids is 1. The molecule has 0 aliphatic heterocycles. The van der Waals surface area contributed by atoms with Crippen molar-refractivity contribution in [3.05, 3.63) is 60.3 Å². The predicted molar refractivity (Wildman–Crippen MR) is 107 cm³/mol. The molecule has 0 spiro atoms. The molecule has 2 aromatic heterocycles. The van der Waals surface area contributed by atoms with Gasteiger partial charge in [0.15, 0.2) is 11.2 Å². The fraction of sp³-hybridized carbons (Fsp3) is 0.318. The van der Waals surface area contributed by atoms with Gasteiger partial charge in [-0.1, -0.05) is 26.8 Å². The van der Waals surface area contributed by atoms with Crippen LogP contribution in [-0.2, 0) is 4.79 Å². The Hall–Kier alpha value is -3.43. The van der Waals surface area contributed by atoms with Crippen molar-refractivity contribution in [3.63, 3.8) is 0 Å². The number of hydrogen-bond donors (Lipinski definition) is 2. The average molecular weight is 453 g/mol. The van der Waals surface area contributed by atoms with Gasteiger partial charge >= 0.3 is 17.9 Å².